The Hall–Kier alpha value is -2.40. The zero-order valence-electron chi connectivity index (χ0n) is 12.0. The van der Waals surface area contributed by atoms with Crippen molar-refractivity contribution in [1.82, 2.24) is 0 Å². The summed E-state index contributed by atoms with van der Waals surface area (Å²) < 4.78 is 0. The third-order valence-electron chi connectivity index (χ3n) is 3.16. The Labute approximate surface area is 119 Å². The van der Waals surface area contributed by atoms with Crippen molar-refractivity contribution in [2.24, 2.45) is 5.41 Å². The Bertz CT molecular complexity index is 687. The summed E-state index contributed by atoms with van der Waals surface area (Å²) in [7, 11) is 0. The Morgan fingerprint density at radius 2 is 1.75 bits per heavy atom. The zero-order valence-corrected chi connectivity index (χ0v) is 12.0. The van der Waals surface area contributed by atoms with E-state index in [-0.39, 0.29) is 5.78 Å². The highest BCUT2D eigenvalue weighted by molar-refractivity contribution is 6.05. The molecule has 0 aliphatic heterocycles. The molecule has 0 unspecified atom stereocenters. The molecule has 0 fully saturated rings. The van der Waals surface area contributed by atoms with Crippen LogP contribution in [0.2, 0.25) is 0 Å². The van der Waals surface area contributed by atoms with Crippen molar-refractivity contribution in [1.29, 1.82) is 5.26 Å². The number of hydrogen-bond donors (Lipinski definition) is 0. The van der Waals surface area contributed by atoms with Crippen LogP contribution in [-0.4, -0.2) is 5.78 Å². The fraction of sp³-hybridized carbons (Fsp3) is 0.222. The molecule has 2 aromatic carbocycles. The molecule has 0 saturated heterocycles. The number of ketones is 1. The molecule has 0 N–H and O–H groups in total. The first kappa shape index (κ1) is 14.0. The smallest absolute Gasteiger partial charge is 0.168 e. The summed E-state index contributed by atoms with van der Waals surface area (Å²) >= 11 is 0. The molecule has 0 aliphatic carbocycles. The summed E-state index contributed by atoms with van der Waals surface area (Å²) in [6, 6.07) is 17.0. The average Bonchev–Trinajstić information content (AvgIpc) is 2.45. The van der Waals surface area contributed by atoms with Crippen molar-refractivity contribution in [3.63, 3.8) is 0 Å². The van der Waals surface area contributed by atoms with Crippen molar-refractivity contribution < 1.29 is 4.79 Å². The van der Waals surface area contributed by atoms with Crippen LogP contribution in [0, 0.1) is 16.7 Å². The molecule has 0 spiro atoms. The third kappa shape index (κ3) is 2.78. The minimum absolute atomic E-state index is 0.107. The highest BCUT2D eigenvalue weighted by atomic mass is 16.1. The maximum atomic E-state index is 12.5. The molecule has 2 nitrogen and oxygen atoms in total. The number of Topliss-reactive ketones (excluding diaryl/α,β-unsaturated/α-hetero) is 1. The SMILES string of the molecule is CC(C)(C)C(=O)c1ccccc1-c1cccc(C#N)c1. The lowest BCUT2D eigenvalue weighted by molar-refractivity contribution is 0.0859. The molecule has 0 heterocycles. The van der Waals surface area contributed by atoms with Crippen LogP contribution in [0.3, 0.4) is 0 Å². The van der Waals surface area contributed by atoms with E-state index in [9.17, 15) is 4.79 Å². The van der Waals surface area contributed by atoms with Gasteiger partial charge in [-0.1, -0.05) is 57.2 Å². The Balaban J connectivity index is 2.59. The largest absolute Gasteiger partial charge is 0.294 e. The Morgan fingerprint density at radius 1 is 1.05 bits per heavy atom. The van der Waals surface area contributed by atoms with E-state index in [2.05, 4.69) is 6.07 Å². The van der Waals surface area contributed by atoms with Crippen LogP contribution in [0.1, 0.15) is 36.7 Å². The standard InChI is InChI=1S/C18H17NO/c1-18(2,3)17(20)16-10-5-4-9-15(16)14-8-6-7-13(11-14)12-19/h4-11H,1-3H3. The molecular formula is C18H17NO. The lowest BCUT2D eigenvalue weighted by atomic mass is 9.83. The molecule has 0 aliphatic rings. The van der Waals surface area contributed by atoms with E-state index >= 15 is 0 Å². The van der Waals surface area contributed by atoms with Gasteiger partial charge >= 0.3 is 0 Å². The van der Waals surface area contributed by atoms with Gasteiger partial charge < -0.3 is 0 Å². The molecular weight excluding hydrogens is 246 g/mol. The van der Waals surface area contributed by atoms with Crippen molar-refractivity contribution in [2.75, 3.05) is 0 Å². The topological polar surface area (TPSA) is 40.9 Å². The summed E-state index contributed by atoms with van der Waals surface area (Å²) in [6.45, 7) is 5.74. The number of rotatable bonds is 2. The minimum Gasteiger partial charge on any atom is -0.294 e. The Kier molecular flexibility index (Phi) is 3.72. The summed E-state index contributed by atoms with van der Waals surface area (Å²) in [6.07, 6.45) is 0. The number of nitriles is 1. The molecule has 0 atom stereocenters. The zero-order chi connectivity index (χ0) is 14.8. The molecule has 20 heavy (non-hydrogen) atoms. The van der Waals surface area contributed by atoms with Crippen LogP contribution in [0.5, 0.6) is 0 Å². The van der Waals surface area contributed by atoms with Crippen molar-refractivity contribution in [3.8, 4) is 17.2 Å². The first-order valence-corrected chi connectivity index (χ1v) is 6.58. The minimum atomic E-state index is -0.428. The maximum Gasteiger partial charge on any atom is 0.168 e. The lowest BCUT2D eigenvalue weighted by Gasteiger charge is -2.19. The summed E-state index contributed by atoms with van der Waals surface area (Å²) in [5, 5.41) is 9.00. The highest BCUT2D eigenvalue weighted by Crippen LogP contribution is 2.29. The van der Waals surface area contributed by atoms with Gasteiger partial charge in [0.25, 0.3) is 0 Å². The van der Waals surface area contributed by atoms with Gasteiger partial charge in [0.05, 0.1) is 11.6 Å². The Morgan fingerprint density at radius 3 is 2.40 bits per heavy atom. The van der Waals surface area contributed by atoms with E-state index in [1.807, 2.05) is 63.2 Å². The molecule has 0 saturated carbocycles. The van der Waals surface area contributed by atoms with Gasteiger partial charge in [-0.25, -0.2) is 0 Å². The van der Waals surface area contributed by atoms with Gasteiger partial charge in [-0.05, 0) is 23.3 Å². The molecule has 0 radical (unpaired) electrons. The van der Waals surface area contributed by atoms with E-state index in [1.54, 1.807) is 6.07 Å². The number of nitrogens with zero attached hydrogens (tertiary/aromatic N) is 1. The van der Waals surface area contributed by atoms with Gasteiger partial charge in [0, 0.05) is 11.0 Å². The second-order valence-electron chi connectivity index (χ2n) is 5.82. The third-order valence-corrected chi connectivity index (χ3v) is 3.16. The van der Waals surface area contributed by atoms with Crippen LogP contribution in [-0.2, 0) is 0 Å². The fourth-order valence-corrected chi connectivity index (χ4v) is 2.09. The fourth-order valence-electron chi connectivity index (χ4n) is 2.09. The number of carbonyl (C=O) groups excluding carboxylic acids is 1. The molecule has 0 bridgehead atoms. The van der Waals surface area contributed by atoms with Crippen LogP contribution in [0.25, 0.3) is 11.1 Å². The van der Waals surface area contributed by atoms with Gasteiger partial charge in [0.15, 0.2) is 5.78 Å². The van der Waals surface area contributed by atoms with Crippen LogP contribution in [0.4, 0.5) is 0 Å². The molecule has 2 rings (SSSR count). The second-order valence-corrected chi connectivity index (χ2v) is 5.82. The predicted molar refractivity (Wildman–Crippen MR) is 80.4 cm³/mol. The van der Waals surface area contributed by atoms with E-state index in [0.29, 0.717) is 11.1 Å². The summed E-state index contributed by atoms with van der Waals surface area (Å²) in [5.41, 5.74) is 2.65. The number of benzene rings is 2. The highest BCUT2D eigenvalue weighted by Gasteiger charge is 2.25. The summed E-state index contributed by atoms with van der Waals surface area (Å²) in [4.78, 5) is 12.5. The predicted octanol–water partition coefficient (Wildman–Crippen LogP) is 4.45. The van der Waals surface area contributed by atoms with Crippen molar-refractivity contribution in [2.45, 2.75) is 20.8 Å². The van der Waals surface area contributed by atoms with Gasteiger partial charge in [-0.15, -0.1) is 0 Å². The van der Waals surface area contributed by atoms with Gasteiger partial charge in [-0.3, -0.25) is 4.79 Å². The van der Waals surface area contributed by atoms with Crippen LogP contribution >= 0.6 is 0 Å². The molecule has 100 valence electrons. The van der Waals surface area contributed by atoms with E-state index < -0.39 is 5.41 Å². The van der Waals surface area contributed by atoms with Crippen LogP contribution in [0.15, 0.2) is 48.5 Å². The van der Waals surface area contributed by atoms with Crippen molar-refractivity contribution >= 4 is 5.78 Å². The van der Waals surface area contributed by atoms with Gasteiger partial charge in [0.2, 0.25) is 0 Å². The molecule has 2 aromatic rings. The first-order valence-electron chi connectivity index (χ1n) is 6.58. The van der Waals surface area contributed by atoms with E-state index in [1.165, 1.54) is 0 Å². The summed E-state index contributed by atoms with van der Waals surface area (Å²) in [5.74, 6) is 0.107. The lowest BCUT2D eigenvalue weighted by Crippen LogP contribution is -2.20. The first-order chi connectivity index (χ1) is 9.43. The molecule has 2 heteroatoms. The van der Waals surface area contributed by atoms with Crippen molar-refractivity contribution in [3.05, 3.63) is 59.7 Å². The average molecular weight is 263 g/mol. The number of carbonyl (C=O) groups is 1. The molecule has 0 aromatic heterocycles. The monoisotopic (exact) mass is 263 g/mol. The molecule has 0 amide bonds. The number of hydrogen-bond acceptors (Lipinski definition) is 2. The van der Waals surface area contributed by atoms with E-state index in [4.69, 9.17) is 5.26 Å². The second kappa shape index (κ2) is 5.30. The van der Waals surface area contributed by atoms with Gasteiger partial charge in [0.1, 0.15) is 0 Å². The maximum absolute atomic E-state index is 12.5. The normalized spacial score (nSPS) is 10.9. The van der Waals surface area contributed by atoms with Crippen LogP contribution < -0.4 is 0 Å². The van der Waals surface area contributed by atoms with E-state index in [0.717, 1.165) is 11.1 Å². The quantitative estimate of drug-likeness (QED) is 0.751. The van der Waals surface area contributed by atoms with Gasteiger partial charge in [-0.2, -0.15) is 5.26 Å².